The molecular formula is C10H11ClFNO2Si2. The van der Waals surface area contributed by atoms with Crippen molar-refractivity contribution in [1.82, 2.24) is 0 Å². The lowest BCUT2D eigenvalue weighted by Gasteiger charge is -2.34. The lowest BCUT2D eigenvalue weighted by Crippen LogP contribution is -2.38. The van der Waals surface area contributed by atoms with Gasteiger partial charge >= 0.3 is 0 Å². The zero-order valence-corrected chi connectivity index (χ0v) is 12.1. The first-order valence-corrected chi connectivity index (χ1v) is 5.93. The number of hydrogen-bond acceptors (Lipinski definition) is 3. The van der Waals surface area contributed by atoms with Gasteiger partial charge in [0.1, 0.15) is 12.1 Å². The summed E-state index contributed by atoms with van der Waals surface area (Å²) in [5.74, 6) is -0.557. The Kier molecular flexibility index (Phi) is 4.73. The van der Waals surface area contributed by atoms with Crippen molar-refractivity contribution >= 4 is 38.3 Å². The lowest BCUT2D eigenvalue weighted by atomic mass is 9.83. The third-order valence-electron chi connectivity index (χ3n) is 2.59. The standard InChI is InChI=1S/C10H11ClFNO2Si2/c1-10(2,9(14-16)15-17)5-3-6(11)7(12)4-8(5)13/h3-4,9H,13H2,1-2H3. The molecule has 0 saturated heterocycles. The molecule has 17 heavy (non-hydrogen) atoms. The van der Waals surface area contributed by atoms with E-state index in [0.717, 1.165) is 0 Å². The van der Waals surface area contributed by atoms with Crippen molar-refractivity contribution in [1.29, 1.82) is 0 Å². The molecule has 90 valence electrons. The van der Waals surface area contributed by atoms with Crippen LogP contribution in [0.5, 0.6) is 0 Å². The van der Waals surface area contributed by atoms with Crippen molar-refractivity contribution < 1.29 is 13.2 Å². The molecule has 0 unspecified atom stereocenters. The lowest BCUT2D eigenvalue weighted by molar-refractivity contribution is -0.0365. The number of nitrogen functional groups attached to an aromatic ring is 1. The molecule has 0 aliphatic heterocycles. The monoisotopic (exact) mass is 287 g/mol. The maximum atomic E-state index is 13.2. The van der Waals surface area contributed by atoms with Crippen LogP contribution in [-0.4, -0.2) is 27.3 Å². The molecule has 0 aliphatic carbocycles. The SMILES string of the molecule is CC(C)(c1cc(Cl)c(F)cc1N)C(O[Si])O[Si]. The van der Waals surface area contributed by atoms with Crippen LogP contribution in [0.4, 0.5) is 10.1 Å². The van der Waals surface area contributed by atoms with Crippen molar-refractivity contribution in [3.63, 3.8) is 0 Å². The maximum Gasteiger partial charge on any atom is 0.249 e. The van der Waals surface area contributed by atoms with Crippen LogP contribution in [-0.2, 0) is 14.3 Å². The van der Waals surface area contributed by atoms with Crippen LogP contribution in [0.2, 0.25) is 5.02 Å². The van der Waals surface area contributed by atoms with Crippen molar-refractivity contribution in [2.75, 3.05) is 5.73 Å². The number of benzene rings is 1. The molecule has 0 fully saturated rings. The highest BCUT2D eigenvalue weighted by Crippen LogP contribution is 2.35. The second kappa shape index (κ2) is 5.49. The van der Waals surface area contributed by atoms with Crippen LogP contribution in [0.3, 0.4) is 0 Å². The number of halogens is 2. The van der Waals surface area contributed by atoms with E-state index in [9.17, 15) is 4.39 Å². The first kappa shape index (κ1) is 14.7. The van der Waals surface area contributed by atoms with Crippen molar-refractivity contribution in [3.8, 4) is 0 Å². The Morgan fingerprint density at radius 3 is 2.35 bits per heavy atom. The Morgan fingerprint density at radius 1 is 1.35 bits per heavy atom. The molecule has 0 saturated carbocycles. The van der Waals surface area contributed by atoms with Crippen molar-refractivity contribution in [2.45, 2.75) is 25.6 Å². The Morgan fingerprint density at radius 2 is 1.88 bits per heavy atom. The van der Waals surface area contributed by atoms with E-state index in [0.29, 0.717) is 5.56 Å². The molecule has 7 heteroatoms. The molecule has 6 radical (unpaired) electrons. The molecule has 3 nitrogen and oxygen atoms in total. The molecule has 0 bridgehead atoms. The van der Waals surface area contributed by atoms with E-state index < -0.39 is 17.5 Å². The molecule has 0 heterocycles. The average Bonchev–Trinajstić information content (AvgIpc) is 2.24. The van der Waals surface area contributed by atoms with Crippen LogP contribution >= 0.6 is 11.6 Å². The van der Waals surface area contributed by atoms with Crippen LogP contribution in [0.25, 0.3) is 0 Å². The maximum absolute atomic E-state index is 13.2. The van der Waals surface area contributed by atoms with E-state index >= 15 is 0 Å². The van der Waals surface area contributed by atoms with E-state index in [1.54, 1.807) is 0 Å². The van der Waals surface area contributed by atoms with Gasteiger partial charge in [0.2, 0.25) is 21.0 Å². The van der Waals surface area contributed by atoms with E-state index in [1.807, 2.05) is 13.8 Å². The third-order valence-corrected chi connectivity index (χ3v) is 3.31. The molecule has 2 N–H and O–H groups in total. The molecule has 0 spiro atoms. The molecule has 1 aromatic rings. The highest BCUT2D eigenvalue weighted by molar-refractivity contribution is 6.30. The summed E-state index contributed by atoms with van der Waals surface area (Å²) in [6, 6.07) is 2.65. The number of rotatable bonds is 4. The van der Waals surface area contributed by atoms with Crippen LogP contribution in [0.1, 0.15) is 19.4 Å². The Hall–Kier alpha value is -0.406. The zero-order valence-electron chi connectivity index (χ0n) is 9.38. The molecule has 0 aromatic heterocycles. The van der Waals surface area contributed by atoms with Gasteiger partial charge in [0.15, 0.2) is 0 Å². The molecule has 0 atom stereocenters. The second-order valence-corrected chi connectivity index (χ2v) is 5.02. The van der Waals surface area contributed by atoms with Gasteiger partial charge in [-0.1, -0.05) is 25.4 Å². The van der Waals surface area contributed by atoms with Crippen molar-refractivity contribution in [3.05, 3.63) is 28.5 Å². The summed E-state index contributed by atoms with van der Waals surface area (Å²) in [7, 11) is 5.83. The number of nitrogens with two attached hydrogens (primary N) is 1. The van der Waals surface area contributed by atoms with Gasteiger partial charge in [-0.25, -0.2) is 4.39 Å². The zero-order chi connectivity index (χ0) is 13.2. The van der Waals surface area contributed by atoms with E-state index in [1.165, 1.54) is 12.1 Å². The van der Waals surface area contributed by atoms with Gasteiger partial charge in [0, 0.05) is 11.1 Å². The highest BCUT2D eigenvalue weighted by Gasteiger charge is 2.33. The minimum atomic E-state index is -0.667. The van der Waals surface area contributed by atoms with Crippen LogP contribution in [0, 0.1) is 5.82 Å². The number of hydrogen-bond donors (Lipinski definition) is 1. The minimum Gasteiger partial charge on any atom is -0.398 e. The van der Waals surface area contributed by atoms with Gasteiger partial charge in [-0.05, 0) is 17.7 Å². The normalized spacial score (nSPS) is 12.2. The quantitative estimate of drug-likeness (QED) is 0.522. The summed E-state index contributed by atoms with van der Waals surface area (Å²) in [4.78, 5) is 0. The predicted octanol–water partition coefficient (Wildman–Crippen LogP) is 1.87. The minimum absolute atomic E-state index is 0.00365. The van der Waals surface area contributed by atoms with Gasteiger partial charge in [-0.15, -0.1) is 0 Å². The highest BCUT2D eigenvalue weighted by atomic mass is 35.5. The predicted molar refractivity (Wildman–Crippen MR) is 66.3 cm³/mol. The van der Waals surface area contributed by atoms with Gasteiger partial charge in [0.05, 0.1) is 5.02 Å². The van der Waals surface area contributed by atoms with Crippen LogP contribution in [0.15, 0.2) is 12.1 Å². The number of anilines is 1. The van der Waals surface area contributed by atoms with E-state index in [2.05, 4.69) is 21.0 Å². The molecule has 0 amide bonds. The van der Waals surface area contributed by atoms with Gasteiger partial charge < -0.3 is 14.6 Å². The largest absolute Gasteiger partial charge is 0.398 e. The summed E-state index contributed by atoms with van der Waals surface area (Å²) < 4.78 is 23.2. The summed E-state index contributed by atoms with van der Waals surface area (Å²) in [6.45, 7) is 3.66. The van der Waals surface area contributed by atoms with Crippen LogP contribution < -0.4 is 5.73 Å². The van der Waals surface area contributed by atoms with Gasteiger partial charge in [-0.2, -0.15) is 0 Å². The fourth-order valence-electron chi connectivity index (χ4n) is 1.57. The smallest absolute Gasteiger partial charge is 0.249 e. The Bertz CT molecular complexity index is 414. The average molecular weight is 288 g/mol. The first-order valence-electron chi connectivity index (χ1n) is 4.74. The van der Waals surface area contributed by atoms with Crippen molar-refractivity contribution in [2.24, 2.45) is 0 Å². The second-order valence-electron chi connectivity index (χ2n) is 4.14. The summed E-state index contributed by atoms with van der Waals surface area (Å²) in [5.41, 5.74) is 6.06. The Labute approximate surface area is 112 Å². The topological polar surface area (TPSA) is 44.5 Å². The molecule has 1 rings (SSSR count). The summed E-state index contributed by atoms with van der Waals surface area (Å²) >= 11 is 5.75. The first-order chi connectivity index (χ1) is 7.84. The van der Waals surface area contributed by atoms with Gasteiger partial charge in [-0.3, -0.25) is 0 Å². The summed E-state index contributed by atoms with van der Waals surface area (Å²) in [6.07, 6.45) is -0.667. The fraction of sp³-hybridized carbons (Fsp3) is 0.400. The van der Waals surface area contributed by atoms with Gasteiger partial charge in [0.25, 0.3) is 0 Å². The molecule has 1 aromatic carbocycles. The van der Waals surface area contributed by atoms with E-state index in [4.69, 9.17) is 26.2 Å². The Balaban J connectivity index is 3.27. The van der Waals surface area contributed by atoms with E-state index in [-0.39, 0.29) is 10.7 Å². The summed E-state index contributed by atoms with van der Waals surface area (Å²) in [5, 5.41) is 0.00365. The third kappa shape index (κ3) is 2.89. The molecule has 0 aliphatic rings. The molecular weight excluding hydrogens is 277 g/mol. The fourth-order valence-corrected chi connectivity index (χ4v) is 2.51.